The molecule has 3 rings (SSSR count). The molecule has 5 heteroatoms. The first-order chi connectivity index (χ1) is 8.70. The second-order valence-corrected chi connectivity index (χ2v) is 6.01. The van der Waals surface area contributed by atoms with E-state index in [1.807, 2.05) is 0 Å². The molecule has 96 valence electrons. The predicted molar refractivity (Wildman–Crippen MR) is 71.1 cm³/mol. The van der Waals surface area contributed by atoms with Gasteiger partial charge in [-0.3, -0.25) is 9.59 Å². The average molecular weight is 264 g/mol. The third kappa shape index (κ3) is 1.92. The summed E-state index contributed by atoms with van der Waals surface area (Å²) in [6, 6.07) is 0. The van der Waals surface area contributed by atoms with Crippen molar-refractivity contribution in [3.05, 3.63) is 16.0 Å². The van der Waals surface area contributed by atoms with E-state index >= 15 is 0 Å². The van der Waals surface area contributed by atoms with E-state index in [1.54, 1.807) is 18.4 Å². The Balaban J connectivity index is 1.92. The maximum Gasteiger partial charge on any atom is 0.254 e. The van der Waals surface area contributed by atoms with Crippen molar-refractivity contribution in [2.24, 2.45) is 5.92 Å². The first-order valence-electron chi connectivity index (χ1n) is 6.38. The Morgan fingerprint density at radius 3 is 2.72 bits per heavy atom. The van der Waals surface area contributed by atoms with Gasteiger partial charge in [0.2, 0.25) is 5.91 Å². The van der Waals surface area contributed by atoms with E-state index in [2.05, 4.69) is 10.6 Å². The van der Waals surface area contributed by atoms with Crippen LogP contribution in [0.5, 0.6) is 0 Å². The van der Waals surface area contributed by atoms with Crippen LogP contribution in [0.3, 0.4) is 0 Å². The molecule has 1 heterocycles. The minimum Gasteiger partial charge on any atom is -0.355 e. The maximum absolute atomic E-state index is 12.0. The summed E-state index contributed by atoms with van der Waals surface area (Å²) in [4.78, 5) is 25.1. The third-order valence-corrected chi connectivity index (χ3v) is 4.77. The highest BCUT2D eigenvalue weighted by atomic mass is 32.1. The van der Waals surface area contributed by atoms with E-state index in [0.717, 1.165) is 42.7 Å². The van der Waals surface area contributed by atoms with Crippen LogP contribution in [0.1, 0.15) is 40.1 Å². The quantitative estimate of drug-likeness (QED) is 0.876. The zero-order valence-electron chi connectivity index (χ0n) is 10.3. The SMILES string of the molecule is CNC(=O)c1c(NC(=O)C2CC2)sc2c1CCC2. The Labute approximate surface area is 110 Å². The minimum absolute atomic E-state index is 0.0695. The van der Waals surface area contributed by atoms with Crippen LogP contribution in [-0.4, -0.2) is 18.9 Å². The average Bonchev–Trinajstić information content (AvgIpc) is 3.03. The summed E-state index contributed by atoms with van der Waals surface area (Å²) in [5.74, 6) is 0.153. The number of carbonyl (C=O) groups is 2. The van der Waals surface area contributed by atoms with Gasteiger partial charge in [0, 0.05) is 17.8 Å². The number of carbonyl (C=O) groups excluding carboxylic acids is 2. The number of hydrogen-bond acceptors (Lipinski definition) is 3. The van der Waals surface area contributed by atoms with Gasteiger partial charge in [-0.15, -0.1) is 11.3 Å². The molecule has 0 spiro atoms. The molecule has 1 aromatic heterocycles. The summed E-state index contributed by atoms with van der Waals surface area (Å²) < 4.78 is 0. The first kappa shape index (κ1) is 11.7. The van der Waals surface area contributed by atoms with Crippen LogP contribution < -0.4 is 10.6 Å². The Morgan fingerprint density at radius 2 is 2.06 bits per heavy atom. The molecule has 18 heavy (non-hydrogen) atoms. The van der Waals surface area contributed by atoms with Gasteiger partial charge in [-0.25, -0.2) is 0 Å². The first-order valence-corrected chi connectivity index (χ1v) is 7.20. The number of anilines is 1. The topological polar surface area (TPSA) is 58.2 Å². The number of rotatable bonds is 3. The van der Waals surface area contributed by atoms with Crippen LogP contribution in [0.25, 0.3) is 0 Å². The van der Waals surface area contributed by atoms with Crippen LogP contribution in [0, 0.1) is 5.92 Å². The molecule has 0 aromatic carbocycles. The number of nitrogens with one attached hydrogen (secondary N) is 2. The molecule has 0 aliphatic heterocycles. The second kappa shape index (κ2) is 4.39. The second-order valence-electron chi connectivity index (χ2n) is 4.90. The van der Waals surface area contributed by atoms with Crippen LogP contribution in [-0.2, 0) is 17.6 Å². The zero-order chi connectivity index (χ0) is 12.7. The molecule has 0 unspecified atom stereocenters. The molecule has 2 aliphatic carbocycles. The van der Waals surface area contributed by atoms with Gasteiger partial charge in [-0.2, -0.15) is 0 Å². The summed E-state index contributed by atoms with van der Waals surface area (Å²) in [5.41, 5.74) is 1.84. The lowest BCUT2D eigenvalue weighted by Crippen LogP contribution is -2.21. The van der Waals surface area contributed by atoms with E-state index in [-0.39, 0.29) is 17.7 Å². The van der Waals surface area contributed by atoms with Crippen molar-refractivity contribution in [2.45, 2.75) is 32.1 Å². The van der Waals surface area contributed by atoms with Gasteiger partial charge in [0.15, 0.2) is 0 Å². The fourth-order valence-corrected chi connectivity index (χ4v) is 3.71. The largest absolute Gasteiger partial charge is 0.355 e. The lowest BCUT2D eigenvalue weighted by Gasteiger charge is -2.06. The number of fused-ring (bicyclic) bond motifs is 1. The molecule has 0 bridgehead atoms. The normalized spacial score (nSPS) is 17.4. The van der Waals surface area contributed by atoms with Crippen molar-refractivity contribution < 1.29 is 9.59 Å². The molecule has 2 N–H and O–H groups in total. The number of aryl methyl sites for hydroxylation is 1. The summed E-state index contributed by atoms with van der Waals surface area (Å²) in [5, 5.41) is 6.35. The highest BCUT2D eigenvalue weighted by molar-refractivity contribution is 7.17. The number of thiophene rings is 1. The molecule has 1 fully saturated rings. The fraction of sp³-hybridized carbons (Fsp3) is 0.538. The van der Waals surface area contributed by atoms with Crippen molar-refractivity contribution >= 4 is 28.2 Å². The molecular formula is C13H16N2O2S. The van der Waals surface area contributed by atoms with Gasteiger partial charge >= 0.3 is 0 Å². The molecule has 4 nitrogen and oxygen atoms in total. The van der Waals surface area contributed by atoms with Crippen molar-refractivity contribution in [2.75, 3.05) is 12.4 Å². The minimum atomic E-state index is -0.0829. The van der Waals surface area contributed by atoms with Gasteiger partial charge in [-0.05, 0) is 37.7 Å². The molecule has 2 amide bonds. The molecule has 1 saturated carbocycles. The van der Waals surface area contributed by atoms with Gasteiger partial charge < -0.3 is 10.6 Å². The maximum atomic E-state index is 12.0. The van der Waals surface area contributed by atoms with Gasteiger partial charge in [0.25, 0.3) is 5.91 Å². The van der Waals surface area contributed by atoms with Gasteiger partial charge in [0.1, 0.15) is 5.00 Å². The van der Waals surface area contributed by atoms with E-state index in [9.17, 15) is 9.59 Å². The Hall–Kier alpha value is -1.36. The lowest BCUT2D eigenvalue weighted by atomic mass is 10.1. The molecular weight excluding hydrogens is 248 g/mol. The van der Waals surface area contributed by atoms with Gasteiger partial charge in [-0.1, -0.05) is 0 Å². The van der Waals surface area contributed by atoms with E-state index < -0.39 is 0 Å². The third-order valence-electron chi connectivity index (χ3n) is 3.56. The predicted octanol–water partition coefficient (Wildman–Crippen LogP) is 1.94. The van der Waals surface area contributed by atoms with E-state index in [4.69, 9.17) is 0 Å². The molecule has 2 aliphatic rings. The number of amides is 2. The zero-order valence-corrected chi connectivity index (χ0v) is 11.2. The molecule has 0 saturated heterocycles. The van der Waals surface area contributed by atoms with E-state index in [0.29, 0.717) is 5.56 Å². The highest BCUT2D eigenvalue weighted by Crippen LogP contribution is 2.40. The van der Waals surface area contributed by atoms with Crippen LogP contribution in [0.2, 0.25) is 0 Å². The van der Waals surface area contributed by atoms with Crippen molar-refractivity contribution in [3.63, 3.8) is 0 Å². The number of hydrogen-bond donors (Lipinski definition) is 2. The summed E-state index contributed by atoms with van der Waals surface area (Å²) in [6.07, 6.45) is 5.05. The highest BCUT2D eigenvalue weighted by Gasteiger charge is 2.32. The summed E-state index contributed by atoms with van der Waals surface area (Å²) in [6.45, 7) is 0. The van der Waals surface area contributed by atoms with Gasteiger partial charge in [0.05, 0.1) is 5.56 Å². The lowest BCUT2D eigenvalue weighted by molar-refractivity contribution is -0.117. The summed E-state index contributed by atoms with van der Waals surface area (Å²) in [7, 11) is 1.63. The Kier molecular flexibility index (Phi) is 2.86. The van der Waals surface area contributed by atoms with E-state index in [1.165, 1.54) is 4.88 Å². The molecule has 1 aromatic rings. The fourth-order valence-electron chi connectivity index (χ4n) is 2.42. The monoisotopic (exact) mass is 264 g/mol. The van der Waals surface area contributed by atoms with Crippen molar-refractivity contribution in [3.8, 4) is 0 Å². The Bertz CT molecular complexity index is 517. The standard InChI is InChI=1S/C13H16N2O2S/c1-14-12(17)10-8-3-2-4-9(8)18-13(10)15-11(16)7-5-6-7/h7H,2-6H2,1H3,(H,14,17)(H,15,16). The molecule has 0 atom stereocenters. The molecule has 0 radical (unpaired) electrons. The Morgan fingerprint density at radius 1 is 1.28 bits per heavy atom. The van der Waals surface area contributed by atoms with Crippen LogP contribution >= 0.6 is 11.3 Å². The summed E-state index contributed by atoms with van der Waals surface area (Å²) >= 11 is 1.57. The van der Waals surface area contributed by atoms with Crippen molar-refractivity contribution in [1.82, 2.24) is 5.32 Å². The van der Waals surface area contributed by atoms with Crippen LogP contribution in [0.4, 0.5) is 5.00 Å². The van der Waals surface area contributed by atoms with Crippen LogP contribution in [0.15, 0.2) is 0 Å². The van der Waals surface area contributed by atoms with Crippen molar-refractivity contribution in [1.29, 1.82) is 0 Å². The smallest absolute Gasteiger partial charge is 0.254 e.